The van der Waals surface area contributed by atoms with Gasteiger partial charge in [0.25, 0.3) is 0 Å². The van der Waals surface area contributed by atoms with Crippen LogP contribution >= 0.6 is 0 Å². The Kier molecular flexibility index (Phi) is 5.13. The highest BCUT2D eigenvalue weighted by atomic mass is 16.4. The molecule has 1 rings (SSSR count). The van der Waals surface area contributed by atoms with Crippen molar-refractivity contribution >= 4 is 11.9 Å². The van der Waals surface area contributed by atoms with Gasteiger partial charge < -0.3 is 20.6 Å². The number of phenols is 1. The first-order chi connectivity index (χ1) is 8.54. The largest absolute Gasteiger partial charge is 0.508 e. The van der Waals surface area contributed by atoms with E-state index in [4.69, 9.17) is 10.2 Å². The van der Waals surface area contributed by atoms with Crippen LogP contribution in [0.2, 0.25) is 0 Å². The lowest BCUT2D eigenvalue weighted by molar-refractivity contribution is -0.142. The molecule has 0 unspecified atom stereocenters. The van der Waals surface area contributed by atoms with Crippen molar-refractivity contribution < 1.29 is 24.9 Å². The van der Waals surface area contributed by atoms with E-state index in [0.717, 1.165) is 0 Å². The lowest BCUT2D eigenvalue weighted by atomic mass is 10.1. The quantitative estimate of drug-likeness (QED) is 0.565. The summed E-state index contributed by atoms with van der Waals surface area (Å²) in [6, 6.07) is 5.32. The molecule has 0 spiro atoms. The summed E-state index contributed by atoms with van der Waals surface area (Å²) in [4.78, 5) is 22.0. The number of amides is 1. The summed E-state index contributed by atoms with van der Waals surface area (Å²) in [5.41, 5.74) is 0.614. The summed E-state index contributed by atoms with van der Waals surface area (Å²) in [6.45, 7) is -0.655. The van der Waals surface area contributed by atoms with E-state index in [1.54, 1.807) is 18.2 Å². The number of aliphatic carboxylic acids is 1. The van der Waals surface area contributed by atoms with Crippen LogP contribution in [-0.4, -0.2) is 39.8 Å². The molecule has 1 aromatic carbocycles. The highest BCUT2D eigenvalue weighted by Gasteiger charge is 2.18. The number of aliphatic hydroxyl groups is 1. The zero-order valence-corrected chi connectivity index (χ0v) is 9.67. The van der Waals surface area contributed by atoms with Crippen LogP contribution in [0.5, 0.6) is 5.75 Å². The van der Waals surface area contributed by atoms with Crippen molar-refractivity contribution in [1.29, 1.82) is 0 Å². The van der Waals surface area contributed by atoms with E-state index in [9.17, 15) is 14.7 Å². The molecule has 0 aliphatic rings. The maximum Gasteiger partial charge on any atom is 0.328 e. The number of carboxylic acid groups (broad SMARTS) is 1. The highest BCUT2D eigenvalue weighted by molar-refractivity contribution is 5.83. The Morgan fingerprint density at radius 1 is 1.28 bits per heavy atom. The van der Waals surface area contributed by atoms with Gasteiger partial charge in [0.15, 0.2) is 0 Å². The van der Waals surface area contributed by atoms with E-state index in [0.29, 0.717) is 12.0 Å². The first-order valence-electron chi connectivity index (χ1n) is 5.44. The summed E-state index contributed by atoms with van der Waals surface area (Å²) in [5, 5.41) is 29.0. The van der Waals surface area contributed by atoms with Crippen molar-refractivity contribution in [2.75, 3.05) is 6.61 Å². The third kappa shape index (κ3) is 4.06. The molecule has 98 valence electrons. The summed E-state index contributed by atoms with van der Waals surface area (Å²) < 4.78 is 0. The molecule has 0 bridgehead atoms. The number of carbonyl (C=O) groups is 2. The number of carboxylic acids is 1. The second kappa shape index (κ2) is 6.61. The van der Waals surface area contributed by atoms with Crippen LogP contribution in [0.15, 0.2) is 24.3 Å². The topological polar surface area (TPSA) is 107 Å². The molecule has 0 heterocycles. The number of aryl methyl sites for hydroxylation is 1. The van der Waals surface area contributed by atoms with Crippen molar-refractivity contribution in [3.05, 3.63) is 29.8 Å². The molecular weight excluding hydrogens is 238 g/mol. The van der Waals surface area contributed by atoms with Gasteiger partial charge in [-0.25, -0.2) is 4.79 Å². The van der Waals surface area contributed by atoms with Crippen LogP contribution in [-0.2, 0) is 16.0 Å². The van der Waals surface area contributed by atoms with Gasteiger partial charge in [-0.15, -0.1) is 0 Å². The predicted octanol–water partition coefficient (Wildman–Crippen LogP) is -0.113. The van der Waals surface area contributed by atoms with Crippen LogP contribution in [0.3, 0.4) is 0 Å². The number of nitrogens with one attached hydrogen (secondary N) is 1. The lowest BCUT2D eigenvalue weighted by Gasteiger charge is -2.11. The molecule has 1 aromatic rings. The van der Waals surface area contributed by atoms with E-state index in [-0.39, 0.29) is 12.2 Å². The fraction of sp³-hybridized carbons (Fsp3) is 0.333. The van der Waals surface area contributed by atoms with E-state index >= 15 is 0 Å². The number of hydrogen-bond acceptors (Lipinski definition) is 4. The third-order valence-corrected chi connectivity index (χ3v) is 2.43. The number of rotatable bonds is 6. The monoisotopic (exact) mass is 253 g/mol. The molecule has 0 aromatic heterocycles. The van der Waals surface area contributed by atoms with Gasteiger partial charge in [-0.2, -0.15) is 0 Å². The number of aromatic hydroxyl groups is 1. The average molecular weight is 253 g/mol. The Morgan fingerprint density at radius 3 is 2.50 bits per heavy atom. The van der Waals surface area contributed by atoms with Gasteiger partial charge in [0, 0.05) is 6.42 Å². The zero-order chi connectivity index (χ0) is 13.5. The minimum absolute atomic E-state index is 0.0430. The van der Waals surface area contributed by atoms with Gasteiger partial charge in [-0.1, -0.05) is 18.2 Å². The number of benzene rings is 1. The molecule has 6 nitrogen and oxygen atoms in total. The minimum Gasteiger partial charge on any atom is -0.508 e. The van der Waals surface area contributed by atoms with Gasteiger partial charge >= 0.3 is 5.97 Å². The molecule has 0 saturated carbocycles. The molecule has 6 heteroatoms. The molecule has 1 atom stereocenters. The SMILES string of the molecule is O=C(CCc1ccccc1O)N[C@@H](CO)C(=O)O. The molecule has 4 N–H and O–H groups in total. The van der Waals surface area contributed by atoms with Gasteiger partial charge in [0.1, 0.15) is 11.8 Å². The number of para-hydroxylation sites is 1. The predicted molar refractivity (Wildman–Crippen MR) is 63.1 cm³/mol. The van der Waals surface area contributed by atoms with Crippen LogP contribution in [0.25, 0.3) is 0 Å². The fourth-order valence-electron chi connectivity index (χ4n) is 1.42. The van der Waals surface area contributed by atoms with Crippen LogP contribution in [0, 0.1) is 0 Å². The van der Waals surface area contributed by atoms with Crippen molar-refractivity contribution in [3.8, 4) is 5.75 Å². The van der Waals surface area contributed by atoms with Crippen molar-refractivity contribution in [3.63, 3.8) is 0 Å². The first kappa shape index (κ1) is 14.0. The molecule has 1 amide bonds. The van der Waals surface area contributed by atoms with Crippen LogP contribution < -0.4 is 5.32 Å². The van der Waals surface area contributed by atoms with E-state index < -0.39 is 24.5 Å². The van der Waals surface area contributed by atoms with Gasteiger partial charge in [-0.05, 0) is 18.1 Å². The average Bonchev–Trinajstić information content (AvgIpc) is 2.34. The maximum atomic E-state index is 11.4. The Bertz CT molecular complexity index is 432. The van der Waals surface area contributed by atoms with E-state index in [2.05, 4.69) is 5.32 Å². The molecule has 18 heavy (non-hydrogen) atoms. The van der Waals surface area contributed by atoms with Crippen molar-refractivity contribution in [2.45, 2.75) is 18.9 Å². The van der Waals surface area contributed by atoms with Crippen molar-refractivity contribution in [1.82, 2.24) is 5.32 Å². The van der Waals surface area contributed by atoms with Gasteiger partial charge in [0.05, 0.1) is 6.61 Å². The summed E-state index contributed by atoms with van der Waals surface area (Å²) in [5.74, 6) is -1.67. The normalized spacial score (nSPS) is 11.8. The Hall–Kier alpha value is -2.08. The number of aliphatic hydroxyl groups excluding tert-OH is 1. The molecule has 0 aliphatic carbocycles. The Labute approximate surface area is 104 Å². The van der Waals surface area contributed by atoms with Crippen LogP contribution in [0.1, 0.15) is 12.0 Å². The third-order valence-electron chi connectivity index (χ3n) is 2.43. The van der Waals surface area contributed by atoms with Crippen LogP contribution in [0.4, 0.5) is 0 Å². The Balaban J connectivity index is 2.47. The zero-order valence-electron chi connectivity index (χ0n) is 9.67. The second-order valence-electron chi connectivity index (χ2n) is 3.77. The number of carbonyl (C=O) groups excluding carboxylic acids is 1. The van der Waals surface area contributed by atoms with Crippen molar-refractivity contribution in [2.24, 2.45) is 0 Å². The molecule has 0 radical (unpaired) electrons. The minimum atomic E-state index is -1.29. The van der Waals surface area contributed by atoms with Gasteiger partial charge in [-0.3, -0.25) is 4.79 Å². The lowest BCUT2D eigenvalue weighted by Crippen LogP contribution is -2.43. The number of phenolic OH excluding ortho intramolecular Hbond substituents is 1. The molecule has 0 fully saturated rings. The fourth-order valence-corrected chi connectivity index (χ4v) is 1.42. The van der Waals surface area contributed by atoms with E-state index in [1.165, 1.54) is 6.07 Å². The number of hydrogen-bond donors (Lipinski definition) is 4. The smallest absolute Gasteiger partial charge is 0.328 e. The standard InChI is InChI=1S/C12H15NO5/c14-7-9(12(17)18)13-11(16)6-5-8-3-1-2-4-10(8)15/h1-4,9,14-15H,5-7H2,(H,13,16)(H,17,18)/t9-/m0/s1. The van der Waals surface area contributed by atoms with Gasteiger partial charge in [0.2, 0.25) is 5.91 Å². The first-order valence-corrected chi connectivity index (χ1v) is 5.44. The highest BCUT2D eigenvalue weighted by Crippen LogP contribution is 2.16. The second-order valence-corrected chi connectivity index (χ2v) is 3.77. The molecule has 0 saturated heterocycles. The van der Waals surface area contributed by atoms with E-state index in [1.807, 2.05) is 0 Å². The molecular formula is C12H15NO5. The maximum absolute atomic E-state index is 11.4. The summed E-state index contributed by atoms with van der Waals surface area (Å²) in [7, 11) is 0. The summed E-state index contributed by atoms with van der Waals surface area (Å²) >= 11 is 0. The summed E-state index contributed by atoms with van der Waals surface area (Å²) in [6.07, 6.45) is 0.345. The Morgan fingerprint density at radius 2 is 1.94 bits per heavy atom. The molecule has 0 aliphatic heterocycles.